The molecule has 1 atom stereocenters. The van der Waals surface area contributed by atoms with Crippen LogP contribution in [0.4, 0.5) is 0 Å². The molecule has 16 heavy (non-hydrogen) atoms. The molecule has 0 saturated carbocycles. The number of rotatable bonds is 7. The zero-order valence-corrected chi connectivity index (χ0v) is 12.5. The molecular weight excluding hydrogens is 244 g/mol. The Bertz CT molecular complexity index is 278. The molecule has 0 bridgehead atoms. The van der Waals surface area contributed by atoms with Gasteiger partial charge in [0.05, 0.1) is 10.5 Å². The standard InChI is InChI=1S/C12H25ClO2S/c1-5-8-11(13)9-6-7-10-16(14,15)12(2,3)4/h11H,5-10H2,1-4H3. The molecule has 0 amide bonds. The summed E-state index contributed by atoms with van der Waals surface area (Å²) in [6, 6.07) is 0. The normalized spacial score (nSPS) is 15.1. The summed E-state index contributed by atoms with van der Waals surface area (Å²) in [5.41, 5.74) is 0. The van der Waals surface area contributed by atoms with Gasteiger partial charge in [-0.2, -0.15) is 0 Å². The van der Waals surface area contributed by atoms with Gasteiger partial charge in [0, 0.05) is 5.38 Å². The zero-order chi connectivity index (χ0) is 12.8. The molecule has 0 aliphatic carbocycles. The maximum absolute atomic E-state index is 11.8. The second-order valence-corrected chi connectivity index (χ2v) is 8.79. The molecule has 0 radical (unpaired) electrons. The van der Waals surface area contributed by atoms with Gasteiger partial charge in [0.15, 0.2) is 9.84 Å². The Morgan fingerprint density at radius 2 is 1.69 bits per heavy atom. The summed E-state index contributed by atoms with van der Waals surface area (Å²) in [5, 5.41) is 0.211. The topological polar surface area (TPSA) is 34.1 Å². The summed E-state index contributed by atoms with van der Waals surface area (Å²) in [7, 11) is -2.95. The second-order valence-electron chi connectivity index (χ2n) is 5.31. The van der Waals surface area contributed by atoms with E-state index in [4.69, 9.17) is 11.6 Å². The first-order chi connectivity index (χ1) is 7.20. The number of halogens is 1. The Morgan fingerprint density at radius 1 is 1.12 bits per heavy atom. The van der Waals surface area contributed by atoms with Crippen LogP contribution in [0.25, 0.3) is 0 Å². The highest BCUT2D eigenvalue weighted by Crippen LogP contribution is 2.19. The van der Waals surface area contributed by atoms with Gasteiger partial charge in [-0.15, -0.1) is 11.6 Å². The summed E-state index contributed by atoms with van der Waals surface area (Å²) < 4.78 is 23.0. The molecule has 0 aliphatic heterocycles. The van der Waals surface area contributed by atoms with E-state index in [0.717, 1.165) is 32.1 Å². The van der Waals surface area contributed by atoms with E-state index in [1.807, 2.05) is 0 Å². The van der Waals surface area contributed by atoms with Gasteiger partial charge in [-0.1, -0.05) is 19.8 Å². The fraction of sp³-hybridized carbons (Fsp3) is 1.00. The van der Waals surface area contributed by atoms with Crippen LogP contribution in [0, 0.1) is 0 Å². The van der Waals surface area contributed by atoms with Gasteiger partial charge in [0.1, 0.15) is 0 Å². The van der Waals surface area contributed by atoms with Crippen molar-refractivity contribution in [2.75, 3.05) is 5.75 Å². The number of alkyl halides is 1. The van der Waals surface area contributed by atoms with Crippen LogP contribution in [0.3, 0.4) is 0 Å². The van der Waals surface area contributed by atoms with Crippen molar-refractivity contribution in [3.63, 3.8) is 0 Å². The van der Waals surface area contributed by atoms with E-state index in [9.17, 15) is 8.42 Å². The summed E-state index contributed by atoms with van der Waals surface area (Å²) in [6.07, 6.45) is 4.67. The first-order valence-electron chi connectivity index (χ1n) is 6.07. The third-order valence-electron chi connectivity index (χ3n) is 2.72. The highest BCUT2D eigenvalue weighted by Gasteiger charge is 2.27. The van der Waals surface area contributed by atoms with E-state index in [1.54, 1.807) is 20.8 Å². The lowest BCUT2D eigenvalue weighted by molar-refractivity contribution is 0.552. The van der Waals surface area contributed by atoms with Crippen LogP contribution in [0.1, 0.15) is 59.8 Å². The Morgan fingerprint density at radius 3 is 2.12 bits per heavy atom. The molecular formula is C12H25ClO2S. The van der Waals surface area contributed by atoms with E-state index in [0.29, 0.717) is 0 Å². The maximum atomic E-state index is 11.8. The third-order valence-corrected chi connectivity index (χ3v) is 5.84. The van der Waals surface area contributed by atoms with Crippen LogP contribution in [0.5, 0.6) is 0 Å². The fourth-order valence-electron chi connectivity index (χ4n) is 1.42. The lowest BCUT2D eigenvalue weighted by Gasteiger charge is -2.19. The van der Waals surface area contributed by atoms with Crippen LogP contribution in [0.2, 0.25) is 0 Å². The molecule has 0 aromatic carbocycles. The maximum Gasteiger partial charge on any atom is 0.155 e. The van der Waals surface area contributed by atoms with Gasteiger partial charge in [0.2, 0.25) is 0 Å². The van der Waals surface area contributed by atoms with Crippen molar-refractivity contribution in [2.45, 2.75) is 69.9 Å². The van der Waals surface area contributed by atoms with Crippen molar-refractivity contribution < 1.29 is 8.42 Å². The molecule has 0 spiro atoms. The minimum absolute atomic E-state index is 0.211. The lowest BCUT2D eigenvalue weighted by Crippen LogP contribution is -2.30. The largest absolute Gasteiger partial charge is 0.228 e. The van der Waals surface area contributed by atoms with Crippen molar-refractivity contribution >= 4 is 21.4 Å². The van der Waals surface area contributed by atoms with Crippen LogP contribution in [-0.4, -0.2) is 24.3 Å². The van der Waals surface area contributed by atoms with Crippen LogP contribution in [-0.2, 0) is 9.84 Å². The minimum atomic E-state index is -2.95. The number of sulfone groups is 1. The Balaban J connectivity index is 3.84. The van der Waals surface area contributed by atoms with Crippen molar-refractivity contribution in [1.82, 2.24) is 0 Å². The minimum Gasteiger partial charge on any atom is -0.228 e. The summed E-state index contributed by atoms with van der Waals surface area (Å²) >= 11 is 6.07. The van der Waals surface area contributed by atoms with Crippen molar-refractivity contribution in [1.29, 1.82) is 0 Å². The van der Waals surface area contributed by atoms with E-state index in [-0.39, 0.29) is 11.1 Å². The predicted octanol–water partition coefficient (Wildman–Crippen LogP) is 3.78. The molecule has 0 heterocycles. The first kappa shape index (κ1) is 16.2. The fourth-order valence-corrected chi connectivity index (χ4v) is 2.99. The van der Waals surface area contributed by atoms with Gasteiger partial charge in [0.25, 0.3) is 0 Å². The molecule has 0 N–H and O–H groups in total. The van der Waals surface area contributed by atoms with Crippen LogP contribution in [0.15, 0.2) is 0 Å². The molecule has 0 saturated heterocycles. The molecule has 1 unspecified atom stereocenters. The summed E-state index contributed by atoms with van der Waals surface area (Å²) in [5.74, 6) is 0.284. The van der Waals surface area contributed by atoms with Crippen LogP contribution >= 0.6 is 11.6 Å². The van der Waals surface area contributed by atoms with Gasteiger partial charge < -0.3 is 0 Å². The lowest BCUT2D eigenvalue weighted by atomic mass is 10.1. The third kappa shape index (κ3) is 6.09. The highest BCUT2D eigenvalue weighted by molar-refractivity contribution is 7.92. The Kier molecular flexibility index (Phi) is 6.95. The number of hydrogen-bond acceptors (Lipinski definition) is 2. The smallest absolute Gasteiger partial charge is 0.155 e. The SMILES string of the molecule is CCCC(Cl)CCCCS(=O)(=O)C(C)(C)C. The van der Waals surface area contributed by atoms with Gasteiger partial charge in [-0.25, -0.2) is 8.42 Å². The monoisotopic (exact) mass is 268 g/mol. The average Bonchev–Trinajstić information content (AvgIpc) is 2.11. The van der Waals surface area contributed by atoms with E-state index in [2.05, 4.69) is 6.92 Å². The molecule has 0 aromatic heterocycles. The van der Waals surface area contributed by atoms with Gasteiger partial charge in [-0.05, 0) is 40.0 Å². The quantitative estimate of drug-likeness (QED) is 0.520. The van der Waals surface area contributed by atoms with Crippen molar-refractivity contribution in [3.8, 4) is 0 Å². The second kappa shape index (κ2) is 6.85. The molecule has 0 fully saturated rings. The van der Waals surface area contributed by atoms with Gasteiger partial charge >= 0.3 is 0 Å². The van der Waals surface area contributed by atoms with Crippen LogP contribution < -0.4 is 0 Å². The van der Waals surface area contributed by atoms with Crippen molar-refractivity contribution in [3.05, 3.63) is 0 Å². The summed E-state index contributed by atoms with van der Waals surface area (Å²) in [4.78, 5) is 0. The molecule has 0 rings (SSSR count). The molecule has 2 nitrogen and oxygen atoms in total. The summed E-state index contributed by atoms with van der Waals surface area (Å²) in [6.45, 7) is 7.37. The predicted molar refractivity (Wildman–Crippen MR) is 71.9 cm³/mol. The molecule has 4 heteroatoms. The Labute approximate surface area is 106 Å². The van der Waals surface area contributed by atoms with Gasteiger partial charge in [-0.3, -0.25) is 0 Å². The number of unbranched alkanes of at least 4 members (excludes halogenated alkanes) is 1. The molecule has 0 aliphatic rings. The first-order valence-corrected chi connectivity index (χ1v) is 8.16. The van der Waals surface area contributed by atoms with E-state index in [1.165, 1.54) is 0 Å². The average molecular weight is 269 g/mol. The number of hydrogen-bond donors (Lipinski definition) is 0. The van der Waals surface area contributed by atoms with E-state index < -0.39 is 14.6 Å². The highest BCUT2D eigenvalue weighted by atomic mass is 35.5. The molecule has 0 aromatic rings. The Hall–Kier alpha value is 0.240. The van der Waals surface area contributed by atoms with E-state index >= 15 is 0 Å². The zero-order valence-electron chi connectivity index (χ0n) is 10.9. The molecule has 98 valence electrons. The van der Waals surface area contributed by atoms with Crippen molar-refractivity contribution in [2.24, 2.45) is 0 Å².